The van der Waals surface area contributed by atoms with Gasteiger partial charge in [-0.2, -0.15) is 18.4 Å². The summed E-state index contributed by atoms with van der Waals surface area (Å²) in [6.45, 7) is 2.76. The number of rotatable bonds is 4. The molecule has 0 aliphatic rings. The van der Waals surface area contributed by atoms with Gasteiger partial charge in [0.2, 0.25) is 0 Å². The number of benzene rings is 1. The normalized spacial score (nSPS) is 12.2. The molecular weight excluding hydrogens is 228 g/mol. The molecule has 1 rings (SSSR count). The third-order valence-corrected chi connectivity index (χ3v) is 3.12. The van der Waals surface area contributed by atoms with Gasteiger partial charge in [0.1, 0.15) is 5.71 Å². The Bertz CT molecular complexity index is 506. The average Bonchev–Trinajstić information content (AvgIpc) is 2.27. The van der Waals surface area contributed by atoms with Crippen LogP contribution in [0.25, 0.3) is 0 Å². The molecule has 0 fully saturated rings. The number of sulfonamides is 1. The summed E-state index contributed by atoms with van der Waals surface area (Å²) in [5.41, 5.74) is 0.111. The molecule has 16 heavy (non-hydrogen) atoms. The Morgan fingerprint density at radius 3 is 2.25 bits per heavy atom. The van der Waals surface area contributed by atoms with E-state index >= 15 is 0 Å². The molecule has 0 amide bonds. The summed E-state index contributed by atoms with van der Waals surface area (Å²) < 4.78 is 23.3. The van der Waals surface area contributed by atoms with Gasteiger partial charge in [0.25, 0.3) is 10.0 Å². The maximum Gasteiger partial charge on any atom is 0.276 e. The Balaban J connectivity index is 2.90. The molecule has 0 aliphatic carbocycles. The van der Waals surface area contributed by atoms with Crippen molar-refractivity contribution in [1.82, 2.24) is 4.83 Å². The van der Waals surface area contributed by atoms with Crippen molar-refractivity contribution in [2.75, 3.05) is 0 Å². The molecule has 0 saturated heterocycles. The van der Waals surface area contributed by atoms with Crippen LogP contribution in [0.4, 0.5) is 0 Å². The fourth-order valence-electron chi connectivity index (χ4n) is 0.860. The van der Waals surface area contributed by atoms with Gasteiger partial charge in [0.05, 0.1) is 4.90 Å². The highest BCUT2D eigenvalue weighted by molar-refractivity contribution is 7.89. The monoisotopic (exact) mass is 240 g/mol. The van der Waals surface area contributed by atoms with Gasteiger partial charge in [-0.1, -0.05) is 18.2 Å². The molecule has 5 nitrogen and oxygen atoms in total. The number of carbonyl (C=O) groups is 1. The second-order valence-electron chi connectivity index (χ2n) is 3.16. The summed E-state index contributed by atoms with van der Waals surface area (Å²) in [5.74, 6) is -0.282. The van der Waals surface area contributed by atoms with E-state index in [4.69, 9.17) is 0 Å². The van der Waals surface area contributed by atoms with Crippen molar-refractivity contribution in [1.29, 1.82) is 0 Å². The van der Waals surface area contributed by atoms with E-state index in [1.807, 2.05) is 4.83 Å². The second-order valence-corrected chi connectivity index (χ2v) is 4.82. The molecule has 0 aromatic heterocycles. The minimum absolute atomic E-state index is 0.107. The Morgan fingerprint density at radius 1 is 1.19 bits per heavy atom. The van der Waals surface area contributed by atoms with Gasteiger partial charge < -0.3 is 0 Å². The fraction of sp³-hybridized carbons (Fsp3) is 0.200. The van der Waals surface area contributed by atoms with Gasteiger partial charge in [0, 0.05) is 6.92 Å². The Kier molecular flexibility index (Phi) is 3.78. The SMILES string of the molecule is CC(=O)/C(C)=N/NS(=O)(=O)c1ccccc1. The number of hydrogen-bond acceptors (Lipinski definition) is 4. The fourth-order valence-corrected chi connectivity index (χ4v) is 1.74. The zero-order valence-corrected chi connectivity index (χ0v) is 9.78. The third kappa shape index (κ3) is 3.16. The first-order valence-electron chi connectivity index (χ1n) is 4.55. The zero-order chi connectivity index (χ0) is 12.2. The van der Waals surface area contributed by atoms with Crippen LogP contribution in [0.15, 0.2) is 40.3 Å². The summed E-state index contributed by atoms with van der Waals surface area (Å²) in [7, 11) is -3.68. The van der Waals surface area contributed by atoms with Crippen molar-refractivity contribution in [3.05, 3.63) is 30.3 Å². The molecule has 0 unspecified atom stereocenters. The number of carbonyl (C=O) groups excluding carboxylic acids is 1. The van der Waals surface area contributed by atoms with Gasteiger partial charge in [0.15, 0.2) is 5.78 Å². The van der Waals surface area contributed by atoms with Crippen LogP contribution in [-0.2, 0) is 14.8 Å². The largest absolute Gasteiger partial charge is 0.293 e. The molecule has 0 saturated carbocycles. The van der Waals surface area contributed by atoms with Crippen LogP contribution in [0.3, 0.4) is 0 Å². The van der Waals surface area contributed by atoms with Gasteiger partial charge in [-0.05, 0) is 19.1 Å². The van der Waals surface area contributed by atoms with Crippen molar-refractivity contribution >= 4 is 21.5 Å². The lowest BCUT2D eigenvalue weighted by atomic mass is 10.3. The second kappa shape index (κ2) is 4.89. The Labute approximate surface area is 94.2 Å². The van der Waals surface area contributed by atoms with Crippen molar-refractivity contribution in [3.8, 4) is 0 Å². The first-order valence-corrected chi connectivity index (χ1v) is 6.04. The maximum atomic E-state index is 11.6. The highest BCUT2D eigenvalue weighted by Crippen LogP contribution is 2.06. The van der Waals surface area contributed by atoms with Crippen molar-refractivity contribution in [2.45, 2.75) is 18.7 Å². The summed E-state index contributed by atoms with van der Waals surface area (Å²) in [5, 5.41) is 3.50. The molecule has 0 radical (unpaired) electrons. The zero-order valence-electron chi connectivity index (χ0n) is 8.97. The highest BCUT2D eigenvalue weighted by Gasteiger charge is 2.12. The van der Waals surface area contributed by atoms with E-state index in [1.54, 1.807) is 18.2 Å². The van der Waals surface area contributed by atoms with Crippen LogP contribution >= 0.6 is 0 Å². The minimum Gasteiger partial charge on any atom is -0.293 e. The molecule has 0 bridgehead atoms. The topological polar surface area (TPSA) is 75.6 Å². The molecule has 1 aromatic carbocycles. The third-order valence-electron chi connectivity index (χ3n) is 1.90. The number of nitrogens with one attached hydrogen (secondary N) is 1. The van der Waals surface area contributed by atoms with Gasteiger partial charge >= 0.3 is 0 Å². The summed E-state index contributed by atoms with van der Waals surface area (Å²) in [6.07, 6.45) is 0. The van der Waals surface area contributed by atoms with Gasteiger partial charge in [-0.15, -0.1) is 0 Å². The molecule has 6 heteroatoms. The smallest absolute Gasteiger partial charge is 0.276 e. The lowest BCUT2D eigenvalue weighted by molar-refractivity contribution is -0.111. The number of hydrazone groups is 1. The van der Waals surface area contributed by atoms with Gasteiger partial charge in [-0.3, -0.25) is 4.79 Å². The number of hydrogen-bond donors (Lipinski definition) is 1. The molecule has 0 atom stereocenters. The number of Topliss-reactive ketones (excluding diaryl/α,β-unsaturated/α-hetero) is 1. The van der Waals surface area contributed by atoms with Crippen molar-refractivity contribution in [3.63, 3.8) is 0 Å². The number of nitrogens with zero attached hydrogens (tertiary/aromatic N) is 1. The average molecular weight is 240 g/mol. The van der Waals surface area contributed by atoms with Crippen LogP contribution in [0.2, 0.25) is 0 Å². The molecular formula is C10H12N2O3S. The molecule has 86 valence electrons. The van der Waals surface area contributed by atoms with E-state index < -0.39 is 10.0 Å². The summed E-state index contributed by atoms with van der Waals surface area (Å²) in [4.78, 5) is 12.9. The van der Waals surface area contributed by atoms with Crippen LogP contribution in [0.5, 0.6) is 0 Å². The van der Waals surface area contributed by atoms with Crippen LogP contribution in [-0.4, -0.2) is 19.9 Å². The lowest BCUT2D eigenvalue weighted by Crippen LogP contribution is -2.21. The van der Waals surface area contributed by atoms with E-state index in [9.17, 15) is 13.2 Å². The highest BCUT2D eigenvalue weighted by atomic mass is 32.2. The predicted molar refractivity (Wildman–Crippen MR) is 60.6 cm³/mol. The molecule has 0 heterocycles. The Hall–Kier alpha value is -1.69. The standard InChI is InChI=1S/C10H12N2O3S/c1-8(9(2)13)11-12-16(14,15)10-6-4-3-5-7-10/h3-7,12H,1-2H3/b11-8+. The number of ketones is 1. The van der Waals surface area contributed by atoms with Gasteiger partial charge in [-0.25, -0.2) is 0 Å². The minimum atomic E-state index is -3.68. The van der Waals surface area contributed by atoms with Crippen LogP contribution in [0.1, 0.15) is 13.8 Å². The van der Waals surface area contributed by atoms with Crippen molar-refractivity contribution in [2.24, 2.45) is 5.10 Å². The summed E-state index contributed by atoms with van der Waals surface area (Å²) in [6, 6.07) is 7.82. The molecule has 0 aliphatic heterocycles. The van der Waals surface area contributed by atoms with Crippen LogP contribution < -0.4 is 4.83 Å². The first-order chi connectivity index (χ1) is 7.43. The lowest BCUT2D eigenvalue weighted by Gasteiger charge is -2.03. The quantitative estimate of drug-likeness (QED) is 0.628. The van der Waals surface area contributed by atoms with E-state index in [1.165, 1.54) is 26.0 Å². The first kappa shape index (κ1) is 12.4. The van der Waals surface area contributed by atoms with E-state index in [0.717, 1.165) is 0 Å². The van der Waals surface area contributed by atoms with E-state index in [-0.39, 0.29) is 16.4 Å². The predicted octanol–water partition coefficient (Wildman–Crippen LogP) is 0.930. The molecule has 1 aromatic rings. The molecule has 1 N–H and O–H groups in total. The Morgan fingerprint density at radius 2 is 1.75 bits per heavy atom. The van der Waals surface area contributed by atoms with Crippen LogP contribution in [0, 0.1) is 0 Å². The maximum absolute atomic E-state index is 11.6. The van der Waals surface area contributed by atoms with E-state index in [0.29, 0.717) is 0 Å². The molecule has 0 spiro atoms. The van der Waals surface area contributed by atoms with E-state index in [2.05, 4.69) is 5.10 Å². The van der Waals surface area contributed by atoms with Crippen molar-refractivity contribution < 1.29 is 13.2 Å². The summed E-state index contributed by atoms with van der Waals surface area (Å²) >= 11 is 0.